The minimum absolute atomic E-state index is 0.0396. The molecule has 0 aliphatic carbocycles. The lowest BCUT2D eigenvalue weighted by molar-refractivity contribution is 0.277. The van der Waals surface area contributed by atoms with Crippen molar-refractivity contribution in [3.63, 3.8) is 0 Å². The van der Waals surface area contributed by atoms with Gasteiger partial charge in [0.2, 0.25) is 0 Å². The van der Waals surface area contributed by atoms with Gasteiger partial charge in [-0.15, -0.1) is 11.3 Å². The number of aliphatic hydroxyl groups excluding tert-OH is 1. The predicted molar refractivity (Wildman–Crippen MR) is 50.6 cm³/mol. The number of hydrogen-bond donors (Lipinski definition) is 1. The van der Waals surface area contributed by atoms with Gasteiger partial charge in [0.05, 0.1) is 27.5 Å². The summed E-state index contributed by atoms with van der Waals surface area (Å²) in [4.78, 5) is 4.18. The fraction of sp³-hybridized carbons (Fsp3) is 0.125. The highest BCUT2D eigenvalue weighted by Crippen LogP contribution is 2.28. The third-order valence-electron chi connectivity index (χ3n) is 1.59. The quantitative estimate of drug-likeness (QED) is 0.766. The molecule has 0 aliphatic heterocycles. The van der Waals surface area contributed by atoms with E-state index < -0.39 is 0 Å². The second-order valence-electron chi connectivity index (χ2n) is 2.39. The van der Waals surface area contributed by atoms with Crippen LogP contribution in [-0.4, -0.2) is 10.1 Å². The van der Waals surface area contributed by atoms with E-state index in [0.29, 0.717) is 10.7 Å². The highest BCUT2D eigenvalue weighted by atomic mass is 35.5. The highest BCUT2D eigenvalue weighted by molar-refractivity contribution is 7.17. The Balaban J connectivity index is 2.71. The zero-order valence-corrected chi connectivity index (χ0v) is 7.69. The summed E-state index contributed by atoms with van der Waals surface area (Å²) in [5, 5.41) is 11.3. The molecule has 0 saturated carbocycles. The lowest BCUT2D eigenvalue weighted by Gasteiger charge is -1.94. The molecule has 0 unspecified atom stereocenters. The topological polar surface area (TPSA) is 33.1 Å². The molecule has 4 heteroatoms. The Kier molecular flexibility index (Phi) is 2.00. The molecule has 0 saturated heterocycles. The Hall–Kier alpha value is -0.640. The molecule has 0 aliphatic rings. The summed E-state index contributed by atoms with van der Waals surface area (Å²) in [6, 6.07) is 3.72. The Morgan fingerprint density at radius 2 is 2.33 bits per heavy atom. The molecule has 0 spiro atoms. The number of aliphatic hydroxyl groups is 1. The lowest BCUT2D eigenvalue weighted by Crippen LogP contribution is -1.86. The minimum Gasteiger partial charge on any atom is -0.390 e. The normalized spacial score (nSPS) is 10.8. The van der Waals surface area contributed by atoms with E-state index in [1.54, 1.807) is 17.4 Å². The van der Waals surface area contributed by atoms with Gasteiger partial charge in [0.1, 0.15) is 0 Å². The van der Waals surface area contributed by atoms with Crippen LogP contribution in [0.4, 0.5) is 0 Å². The third kappa shape index (κ3) is 1.20. The van der Waals surface area contributed by atoms with E-state index in [1.807, 2.05) is 11.4 Å². The molecule has 2 rings (SSSR count). The summed E-state index contributed by atoms with van der Waals surface area (Å²) in [6.45, 7) is -0.0396. The molecule has 12 heavy (non-hydrogen) atoms. The first-order chi connectivity index (χ1) is 5.81. The van der Waals surface area contributed by atoms with Crippen LogP contribution in [0.15, 0.2) is 17.5 Å². The van der Waals surface area contributed by atoms with E-state index in [9.17, 15) is 0 Å². The Labute approximate surface area is 78.4 Å². The van der Waals surface area contributed by atoms with Gasteiger partial charge < -0.3 is 5.11 Å². The van der Waals surface area contributed by atoms with Crippen LogP contribution in [0.5, 0.6) is 0 Å². The number of thiophene rings is 1. The van der Waals surface area contributed by atoms with Gasteiger partial charge in [-0.2, -0.15) is 0 Å². The summed E-state index contributed by atoms with van der Waals surface area (Å²) >= 11 is 7.42. The highest BCUT2D eigenvalue weighted by Gasteiger charge is 2.03. The van der Waals surface area contributed by atoms with Crippen LogP contribution in [0.2, 0.25) is 5.02 Å². The fourth-order valence-electron chi connectivity index (χ4n) is 1.01. The maximum atomic E-state index is 8.82. The zero-order chi connectivity index (χ0) is 8.55. The zero-order valence-electron chi connectivity index (χ0n) is 6.12. The number of pyridine rings is 1. The fourth-order valence-corrected chi connectivity index (χ4v) is 2.10. The van der Waals surface area contributed by atoms with Gasteiger partial charge >= 0.3 is 0 Å². The molecule has 2 aromatic heterocycles. The smallest absolute Gasteiger partial charge is 0.1000 e. The maximum absolute atomic E-state index is 8.82. The summed E-state index contributed by atoms with van der Waals surface area (Å²) in [6.07, 6.45) is 0. The molecule has 1 N–H and O–H groups in total. The van der Waals surface area contributed by atoms with Crippen molar-refractivity contribution < 1.29 is 5.11 Å². The van der Waals surface area contributed by atoms with Crippen LogP contribution in [0.3, 0.4) is 0 Å². The first-order valence-electron chi connectivity index (χ1n) is 3.45. The first-order valence-corrected chi connectivity index (χ1v) is 4.70. The maximum Gasteiger partial charge on any atom is 0.1000 e. The minimum atomic E-state index is -0.0396. The molecule has 0 aromatic carbocycles. The summed E-state index contributed by atoms with van der Waals surface area (Å²) < 4.78 is 1.05. The number of halogens is 1. The first kappa shape index (κ1) is 7.98. The van der Waals surface area contributed by atoms with Crippen molar-refractivity contribution in [2.45, 2.75) is 6.61 Å². The molecule has 0 amide bonds. The molecule has 0 bridgehead atoms. The molecule has 2 aromatic rings. The number of fused-ring (bicyclic) bond motifs is 1. The van der Waals surface area contributed by atoms with Crippen molar-refractivity contribution >= 4 is 33.2 Å². The molecular formula is C8H6ClNOS. The predicted octanol–water partition coefficient (Wildman–Crippen LogP) is 2.44. The number of rotatable bonds is 1. The van der Waals surface area contributed by atoms with Crippen LogP contribution in [0.1, 0.15) is 5.69 Å². The van der Waals surface area contributed by atoms with Crippen molar-refractivity contribution in [3.8, 4) is 0 Å². The van der Waals surface area contributed by atoms with Crippen molar-refractivity contribution in [1.29, 1.82) is 0 Å². The average Bonchev–Trinajstić information content (AvgIpc) is 2.47. The van der Waals surface area contributed by atoms with E-state index in [4.69, 9.17) is 16.7 Å². The molecule has 2 nitrogen and oxygen atoms in total. The second kappa shape index (κ2) is 3.01. The summed E-state index contributed by atoms with van der Waals surface area (Å²) in [7, 11) is 0. The Morgan fingerprint density at radius 3 is 3.08 bits per heavy atom. The van der Waals surface area contributed by atoms with Crippen molar-refractivity contribution in [2.75, 3.05) is 0 Å². The summed E-state index contributed by atoms with van der Waals surface area (Å²) in [5.74, 6) is 0. The monoisotopic (exact) mass is 199 g/mol. The van der Waals surface area contributed by atoms with Crippen LogP contribution < -0.4 is 0 Å². The van der Waals surface area contributed by atoms with Crippen molar-refractivity contribution in [2.24, 2.45) is 0 Å². The van der Waals surface area contributed by atoms with Gasteiger partial charge in [-0.1, -0.05) is 11.6 Å². The molecule has 2 heterocycles. The summed E-state index contributed by atoms with van der Waals surface area (Å²) in [5.41, 5.74) is 1.44. The second-order valence-corrected chi connectivity index (χ2v) is 3.71. The Bertz CT molecular complexity index is 412. The third-order valence-corrected chi connectivity index (χ3v) is 2.95. The van der Waals surface area contributed by atoms with Gasteiger partial charge in [0.15, 0.2) is 0 Å². The Morgan fingerprint density at radius 1 is 1.50 bits per heavy atom. The van der Waals surface area contributed by atoms with Crippen LogP contribution in [-0.2, 0) is 6.61 Å². The largest absolute Gasteiger partial charge is 0.390 e. The van der Waals surface area contributed by atoms with Crippen LogP contribution in [0, 0.1) is 0 Å². The standard InChI is InChI=1S/C8H6ClNOS/c9-6-4-12-7-2-1-5(3-11)10-8(6)7/h1-2,4,11H,3H2. The van der Waals surface area contributed by atoms with Gasteiger partial charge in [0.25, 0.3) is 0 Å². The number of nitrogens with zero attached hydrogens (tertiary/aromatic N) is 1. The van der Waals surface area contributed by atoms with Crippen LogP contribution >= 0.6 is 22.9 Å². The molecular weight excluding hydrogens is 194 g/mol. The van der Waals surface area contributed by atoms with E-state index >= 15 is 0 Å². The molecule has 0 atom stereocenters. The SMILES string of the molecule is OCc1ccc2scc(Cl)c2n1. The average molecular weight is 200 g/mol. The van der Waals surface area contributed by atoms with Gasteiger partial charge in [-0.05, 0) is 12.1 Å². The molecule has 0 fully saturated rings. The van der Waals surface area contributed by atoms with Gasteiger partial charge in [0, 0.05) is 5.38 Å². The van der Waals surface area contributed by atoms with E-state index in [2.05, 4.69) is 4.98 Å². The lowest BCUT2D eigenvalue weighted by atomic mass is 10.3. The van der Waals surface area contributed by atoms with E-state index in [-0.39, 0.29) is 6.61 Å². The van der Waals surface area contributed by atoms with Gasteiger partial charge in [-0.25, -0.2) is 4.98 Å². The number of hydrogen-bond acceptors (Lipinski definition) is 3. The molecule has 62 valence electrons. The van der Waals surface area contributed by atoms with Crippen molar-refractivity contribution in [1.82, 2.24) is 4.98 Å². The van der Waals surface area contributed by atoms with Crippen molar-refractivity contribution in [3.05, 3.63) is 28.2 Å². The van der Waals surface area contributed by atoms with Crippen LogP contribution in [0.25, 0.3) is 10.2 Å². The molecule has 0 radical (unpaired) electrons. The van der Waals surface area contributed by atoms with E-state index in [1.165, 1.54) is 0 Å². The number of aromatic nitrogens is 1. The van der Waals surface area contributed by atoms with Gasteiger partial charge in [-0.3, -0.25) is 0 Å². The van der Waals surface area contributed by atoms with E-state index in [0.717, 1.165) is 10.2 Å².